The van der Waals surface area contributed by atoms with Crippen molar-refractivity contribution < 1.29 is 23.5 Å². The van der Waals surface area contributed by atoms with Gasteiger partial charge >= 0.3 is 0 Å². The highest BCUT2D eigenvalue weighted by Gasteiger charge is 2.26. The summed E-state index contributed by atoms with van der Waals surface area (Å²) >= 11 is 0. The number of hydrogen-bond acceptors (Lipinski definition) is 5. The van der Waals surface area contributed by atoms with E-state index in [0.29, 0.717) is 56.4 Å². The molecule has 2 amide bonds. The van der Waals surface area contributed by atoms with Crippen LogP contribution in [0, 0.1) is 19.7 Å². The van der Waals surface area contributed by atoms with Gasteiger partial charge in [-0.1, -0.05) is 0 Å². The Bertz CT molecular complexity index is 1280. The SMILES string of the molecule is Cc1cc(C(=O)N2CCN(CC(=O)Nc3ccc(F)cc3)CC2)c(C)n1-c1ccc2c(c1)OCCO2. The van der Waals surface area contributed by atoms with Crippen LogP contribution in [0.4, 0.5) is 10.1 Å². The van der Waals surface area contributed by atoms with Gasteiger partial charge in [-0.25, -0.2) is 4.39 Å². The second-order valence-corrected chi connectivity index (χ2v) is 9.07. The van der Waals surface area contributed by atoms with Crippen LogP contribution >= 0.6 is 0 Å². The summed E-state index contributed by atoms with van der Waals surface area (Å²) in [6.07, 6.45) is 0. The van der Waals surface area contributed by atoms with Gasteiger partial charge in [0, 0.05) is 55.0 Å². The van der Waals surface area contributed by atoms with Gasteiger partial charge in [-0.3, -0.25) is 14.5 Å². The van der Waals surface area contributed by atoms with Gasteiger partial charge in [-0.2, -0.15) is 0 Å². The second-order valence-electron chi connectivity index (χ2n) is 9.07. The molecule has 3 heterocycles. The fourth-order valence-corrected chi connectivity index (χ4v) is 4.76. The van der Waals surface area contributed by atoms with Crippen LogP contribution in [0.5, 0.6) is 11.5 Å². The highest BCUT2D eigenvalue weighted by molar-refractivity contribution is 5.96. The third-order valence-electron chi connectivity index (χ3n) is 6.60. The molecule has 0 atom stereocenters. The number of nitrogens with zero attached hydrogens (tertiary/aromatic N) is 3. The quantitative estimate of drug-likeness (QED) is 0.591. The predicted molar refractivity (Wildman–Crippen MR) is 134 cm³/mol. The monoisotopic (exact) mass is 492 g/mol. The smallest absolute Gasteiger partial charge is 0.255 e. The number of carbonyl (C=O) groups is 2. The molecular formula is C27H29FN4O4. The van der Waals surface area contributed by atoms with Crippen molar-refractivity contribution in [2.45, 2.75) is 13.8 Å². The number of hydrogen-bond donors (Lipinski definition) is 1. The van der Waals surface area contributed by atoms with Crippen LogP contribution in [0.2, 0.25) is 0 Å². The molecule has 3 aromatic rings. The fourth-order valence-electron chi connectivity index (χ4n) is 4.76. The first-order chi connectivity index (χ1) is 17.4. The molecule has 8 nitrogen and oxygen atoms in total. The van der Waals surface area contributed by atoms with Crippen LogP contribution < -0.4 is 14.8 Å². The van der Waals surface area contributed by atoms with Crippen molar-refractivity contribution in [1.82, 2.24) is 14.4 Å². The Labute approximate surface area is 209 Å². The van der Waals surface area contributed by atoms with Crippen LogP contribution in [0.1, 0.15) is 21.7 Å². The standard InChI is InChI=1S/C27H29FN4O4/c1-18-15-23(19(2)32(18)22-7-8-24-25(16-22)36-14-13-35-24)27(34)31-11-9-30(10-12-31)17-26(33)29-21-5-3-20(28)4-6-21/h3-8,15-16H,9-14,17H2,1-2H3,(H,29,33). The van der Waals surface area contributed by atoms with E-state index in [-0.39, 0.29) is 24.2 Å². The number of carbonyl (C=O) groups excluding carboxylic acids is 2. The number of aryl methyl sites for hydroxylation is 1. The van der Waals surface area contributed by atoms with Gasteiger partial charge in [0.25, 0.3) is 5.91 Å². The number of halogens is 1. The minimum atomic E-state index is -0.346. The third-order valence-corrected chi connectivity index (χ3v) is 6.60. The van der Waals surface area contributed by atoms with E-state index in [1.54, 1.807) is 0 Å². The van der Waals surface area contributed by atoms with Gasteiger partial charge in [0.1, 0.15) is 19.0 Å². The lowest BCUT2D eigenvalue weighted by Crippen LogP contribution is -2.50. The van der Waals surface area contributed by atoms with Crippen LogP contribution in [-0.2, 0) is 4.79 Å². The number of fused-ring (bicyclic) bond motifs is 1. The Morgan fingerprint density at radius 2 is 1.61 bits per heavy atom. The maximum atomic E-state index is 13.4. The summed E-state index contributed by atoms with van der Waals surface area (Å²) in [5, 5.41) is 2.78. The van der Waals surface area contributed by atoms with E-state index >= 15 is 0 Å². The van der Waals surface area contributed by atoms with E-state index in [0.717, 1.165) is 22.8 Å². The molecule has 2 aliphatic heterocycles. The normalized spacial score (nSPS) is 15.6. The van der Waals surface area contributed by atoms with Gasteiger partial charge < -0.3 is 24.3 Å². The van der Waals surface area contributed by atoms with Crippen molar-refractivity contribution in [3.05, 3.63) is 71.3 Å². The molecule has 188 valence electrons. The lowest BCUT2D eigenvalue weighted by Gasteiger charge is -2.34. The fraction of sp³-hybridized carbons (Fsp3) is 0.333. The first kappa shape index (κ1) is 23.9. The molecule has 0 spiro atoms. The average molecular weight is 493 g/mol. The number of amides is 2. The third kappa shape index (κ3) is 4.92. The van der Waals surface area contributed by atoms with Crippen LogP contribution in [0.3, 0.4) is 0 Å². The van der Waals surface area contributed by atoms with Crippen LogP contribution in [-0.4, -0.2) is 72.1 Å². The highest BCUT2D eigenvalue weighted by Crippen LogP contribution is 2.33. The van der Waals surface area contributed by atoms with E-state index in [4.69, 9.17) is 9.47 Å². The van der Waals surface area contributed by atoms with Crippen molar-refractivity contribution in [2.75, 3.05) is 51.3 Å². The van der Waals surface area contributed by atoms with E-state index in [1.165, 1.54) is 24.3 Å². The number of piperazine rings is 1. The summed E-state index contributed by atoms with van der Waals surface area (Å²) in [4.78, 5) is 29.6. The zero-order chi connectivity index (χ0) is 25.2. The molecule has 0 saturated carbocycles. The summed E-state index contributed by atoms with van der Waals surface area (Å²) in [7, 11) is 0. The number of benzene rings is 2. The van der Waals surface area contributed by atoms with Crippen LogP contribution in [0.15, 0.2) is 48.5 Å². The van der Waals surface area contributed by atoms with Crippen molar-refractivity contribution in [2.24, 2.45) is 0 Å². The Morgan fingerprint density at radius 1 is 0.917 bits per heavy atom. The predicted octanol–water partition coefficient (Wildman–Crippen LogP) is 3.40. The maximum Gasteiger partial charge on any atom is 0.255 e. The summed E-state index contributed by atoms with van der Waals surface area (Å²) in [6.45, 7) is 7.49. The minimum Gasteiger partial charge on any atom is -0.486 e. The van der Waals surface area contributed by atoms with Crippen molar-refractivity contribution in [3.8, 4) is 17.2 Å². The summed E-state index contributed by atoms with van der Waals surface area (Å²) in [5.41, 5.74) is 3.98. The number of anilines is 1. The highest BCUT2D eigenvalue weighted by atomic mass is 19.1. The van der Waals surface area contributed by atoms with Crippen molar-refractivity contribution >= 4 is 17.5 Å². The van der Waals surface area contributed by atoms with E-state index in [2.05, 4.69) is 9.88 Å². The zero-order valence-corrected chi connectivity index (χ0v) is 20.4. The van der Waals surface area contributed by atoms with Crippen molar-refractivity contribution in [1.29, 1.82) is 0 Å². The number of ether oxygens (including phenoxy) is 2. The Hall–Kier alpha value is -3.85. The molecule has 9 heteroatoms. The zero-order valence-electron chi connectivity index (χ0n) is 20.4. The van der Waals surface area contributed by atoms with Gasteiger partial charge in [0.2, 0.25) is 5.91 Å². The van der Waals surface area contributed by atoms with Gasteiger partial charge in [-0.15, -0.1) is 0 Å². The molecular weight excluding hydrogens is 463 g/mol. The van der Waals surface area contributed by atoms with Crippen molar-refractivity contribution in [3.63, 3.8) is 0 Å². The topological polar surface area (TPSA) is 76.0 Å². The molecule has 2 aliphatic rings. The van der Waals surface area contributed by atoms with E-state index < -0.39 is 0 Å². The molecule has 1 aromatic heterocycles. The summed E-state index contributed by atoms with van der Waals surface area (Å²) in [6, 6.07) is 13.4. The summed E-state index contributed by atoms with van der Waals surface area (Å²) < 4.78 is 26.5. The molecule has 0 aliphatic carbocycles. The minimum absolute atomic E-state index is 0.0118. The number of rotatable bonds is 5. The maximum absolute atomic E-state index is 13.4. The van der Waals surface area contributed by atoms with Gasteiger partial charge in [0.15, 0.2) is 11.5 Å². The molecule has 0 bridgehead atoms. The van der Waals surface area contributed by atoms with Crippen LogP contribution in [0.25, 0.3) is 5.69 Å². The first-order valence-corrected chi connectivity index (χ1v) is 12.0. The Kier molecular flexibility index (Phi) is 6.65. The van der Waals surface area contributed by atoms with Gasteiger partial charge in [-0.05, 0) is 56.3 Å². The Morgan fingerprint density at radius 3 is 2.33 bits per heavy atom. The number of nitrogens with one attached hydrogen (secondary N) is 1. The lowest BCUT2D eigenvalue weighted by atomic mass is 10.2. The summed E-state index contributed by atoms with van der Waals surface area (Å²) in [5.74, 6) is 0.916. The molecule has 5 rings (SSSR count). The largest absolute Gasteiger partial charge is 0.486 e. The lowest BCUT2D eigenvalue weighted by molar-refractivity contribution is -0.117. The molecule has 0 unspecified atom stereocenters. The molecule has 0 radical (unpaired) electrons. The number of aromatic nitrogens is 1. The molecule has 1 N–H and O–H groups in total. The van der Waals surface area contributed by atoms with E-state index in [1.807, 2.05) is 47.9 Å². The second kappa shape index (κ2) is 10.0. The Balaban J connectivity index is 1.21. The molecule has 1 fully saturated rings. The molecule has 2 aromatic carbocycles. The molecule has 36 heavy (non-hydrogen) atoms. The average Bonchev–Trinajstić information content (AvgIpc) is 3.18. The van der Waals surface area contributed by atoms with E-state index in [9.17, 15) is 14.0 Å². The molecule has 1 saturated heterocycles. The first-order valence-electron chi connectivity index (χ1n) is 12.0. The van der Waals surface area contributed by atoms with Gasteiger partial charge in [0.05, 0.1) is 12.1 Å².